The molecule has 1 amide bonds. The molecule has 3 aromatic heterocycles. The van der Waals surface area contributed by atoms with Gasteiger partial charge in [0.05, 0.1) is 5.69 Å². The lowest BCUT2D eigenvalue weighted by atomic mass is 9.92. The average Bonchev–Trinajstić information content (AvgIpc) is 3.35. The zero-order chi connectivity index (χ0) is 21.3. The van der Waals surface area contributed by atoms with Crippen molar-refractivity contribution in [3.8, 4) is 16.4 Å². The van der Waals surface area contributed by atoms with E-state index in [1.807, 2.05) is 60.8 Å². The van der Waals surface area contributed by atoms with Crippen molar-refractivity contribution >= 4 is 23.1 Å². The highest BCUT2D eigenvalue weighted by Crippen LogP contribution is 2.27. The fraction of sp³-hybridized carbons (Fsp3) is 0.217. The molecule has 0 radical (unpaired) electrons. The summed E-state index contributed by atoms with van der Waals surface area (Å²) in [5.74, 6) is 1.04. The lowest BCUT2D eigenvalue weighted by Gasteiger charge is -2.13. The van der Waals surface area contributed by atoms with E-state index < -0.39 is 0 Å². The number of nitrogens with zero attached hydrogens (tertiary/aromatic N) is 4. The maximum absolute atomic E-state index is 12.9. The van der Waals surface area contributed by atoms with Crippen molar-refractivity contribution in [3.63, 3.8) is 0 Å². The summed E-state index contributed by atoms with van der Waals surface area (Å²) in [6.07, 6.45) is 1.71. The lowest BCUT2D eigenvalue weighted by Crippen LogP contribution is -2.15. The number of nitrogens with one attached hydrogen (secondary N) is 1. The second-order valence-corrected chi connectivity index (χ2v) is 8.95. The molecule has 0 spiro atoms. The van der Waals surface area contributed by atoms with E-state index in [-0.39, 0.29) is 11.3 Å². The monoisotopic (exact) mass is 417 g/mol. The third kappa shape index (κ3) is 4.16. The Balaban J connectivity index is 1.62. The molecule has 0 atom stereocenters. The number of amides is 1. The van der Waals surface area contributed by atoms with Crippen LogP contribution in [0.25, 0.3) is 16.4 Å². The molecule has 0 unspecified atom stereocenters. The van der Waals surface area contributed by atoms with E-state index in [0.717, 1.165) is 22.0 Å². The number of rotatable bonds is 4. The molecular weight excluding hydrogens is 394 g/mol. The van der Waals surface area contributed by atoms with E-state index in [4.69, 9.17) is 0 Å². The van der Waals surface area contributed by atoms with Gasteiger partial charge in [0.25, 0.3) is 5.91 Å². The predicted octanol–water partition coefficient (Wildman–Crippen LogP) is 5.25. The van der Waals surface area contributed by atoms with Crippen LogP contribution in [-0.4, -0.2) is 25.7 Å². The Hall–Kier alpha value is -3.32. The minimum absolute atomic E-state index is 0.160. The zero-order valence-electron chi connectivity index (χ0n) is 17.4. The van der Waals surface area contributed by atoms with Gasteiger partial charge < -0.3 is 5.32 Å². The maximum Gasteiger partial charge on any atom is 0.256 e. The third-order valence-electron chi connectivity index (χ3n) is 4.60. The summed E-state index contributed by atoms with van der Waals surface area (Å²) in [6, 6.07) is 15.0. The van der Waals surface area contributed by atoms with Gasteiger partial charge in [0, 0.05) is 39.9 Å². The Labute approximate surface area is 179 Å². The molecule has 0 aliphatic carbocycles. The van der Waals surface area contributed by atoms with Crippen molar-refractivity contribution in [3.05, 3.63) is 77.1 Å². The van der Waals surface area contributed by atoms with Crippen molar-refractivity contribution in [1.29, 1.82) is 0 Å². The number of benzene rings is 1. The average molecular weight is 418 g/mol. The molecule has 0 saturated carbocycles. The molecule has 6 nitrogen and oxygen atoms in total. The molecular formula is C23H23N5OS. The van der Waals surface area contributed by atoms with Crippen LogP contribution in [0.4, 0.5) is 5.82 Å². The lowest BCUT2D eigenvalue weighted by molar-refractivity contribution is 0.102. The number of anilines is 1. The second-order valence-electron chi connectivity index (χ2n) is 8.09. The van der Waals surface area contributed by atoms with Gasteiger partial charge in [0.1, 0.15) is 10.8 Å². The van der Waals surface area contributed by atoms with Gasteiger partial charge in [0.2, 0.25) is 0 Å². The summed E-state index contributed by atoms with van der Waals surface area (Å²) < 4.78 is 1.67. The molecule has 0 aliphatic heterocycles. The molecule has 0 aliphatic rings. The Morgan fingerprint density at radius 2 is 1.87 bits per heavy atom. The Morgan fingerprint density at radius 3 is 2.47 bits per heavy atom. The number of hydrogen-bond donors (Lipinski definition) is 1. The summed E-state index contributed by atoms with van der Waals surface area (Å²) in [6.45, 7) is 8.23. The Kier molecular flexibility index (Phi) is 5.22. The van der Waals surface area contributed by atoms with E-state index in [1.54, 1.807) is 22.2 Å². The summed E-state index contributed by atoms with van der Waals surface area (Å²) in [4.78, 5) is 21.8. The Morgan fingerprint density at radius 1 is 1.10 bits per heavy atom. The van der Waals surface area contributed by atoms with Crippen LogP contribution in [0.2, 0.25) is 0 Å². The molecule has 0 fully saturated rings. The number of aromatic nitrogens is 4. The third-order valence-corrected chi connectivity index (χ3v) is 5.61. The van der Waals surface area contributed by atoms with Gasteiger partial charge >= 0.3 is 0 Å². The smallest absolute Gasteiger partial charge is 0.256 e. The van der Waals surface area contributed by atoms with E-state index in [9.17, 15) is 4.79 Å². The highest BCUT2D eigenvalue weighted by Gasteiger charge is 2.22. The first-order valence-electron chi connectivity index (χ1n) is 9.67. The highest BCUT2D eigenvalue weighted by molar-refractivity contribution is 7.13. The van der Waals surface area contributed by atoms with Crippen molar-refractivity contribution in [2.45, 2.75) is 33.1 Å². The van der Waals surface area contributed by atoms with Crippen LogP contribution >= 0.6 is 11.3 Å². The molecule has 7 heteroatoms. The van der Waals surface area contributed by atoms with Gasteiger partial charge in [-0.1, -0.05) is 39.0 Å². The number of carbonyl (C=O) groups is 1. The standard InChI is InChI=1S/C23H23N5OS/c1-15-14-30-22(25-15)17-10-8-16(9-11-17)21(29)26-20-13-18(23(2,3)4)27-28(20)19-7-5-6-12-24-19/h5-14H,1-4H3,(H,26,29). The predicted molar refractivity (Wildman–Crippen MR) is 120 cm³/mol. The van der Waals surface area contributed by atoms with Crippen LogP contribution in [0.1, 0.15) is 42.5 Å². The van der Waals surface area contributed by atoms with E-state index in [0.29, 0.717) is 17.2 Å². The first-order valence-corrected chi connectivity index (χ1v) is 10.5. The van der Waals surface area contributed by atoms with Crippen LogP contribution in [0.3, 0.4) is 0 Å². The normalized spacial score (nSPS) is 11.5. The fourth-order valence-corrected chi connectivity index (χ4v) is 3.73. The number of pyridine rings is 1. The summed E-state index contributed by atoms with van der Waals surface area (Å²) >= 11 is 1.59. The van der Waals surface area contributed by atoms with Gasteiger partial charge in [-0.05, 0) is 31.2 Å². The zero-order valence-corrected chi connectivity index (χ0v) is 18.2. The van der Waals surface area contributed by atoms with Crippen molar-refractivity contribution in [2.75, 3.05) is 5.32 Å². The largest absolute Gasteiger partial charge is 0.306 e. The van der Waals surface area contributed by atoms with E-state index >= 15 is 0 Å². The molecule has 1 N–H and O–H groups in total. The van der Waals surface area contributed by atoms with Gasteiger partial charge in [-0.3, -0.25) is 4.79 Å². The Bertz CT molecular complexity index is 1170. The molecule has 0 saturated heterocycles. The fourth-order valence-electron chi connectivity index (χ4n) is 2.93. The van der Waals surface area contributed by atoms with E-state index in [1.165, 1.54) is 0 Å². The summed E-state index contributed by atoms with van der Waals surface area (Å²) in [7, 11) is 0. The van der Waals surface area contributed by atoms with Crippen LogP contribution in [0, 0.1) is 6.92 Å². The van der Waals surface area contributed by atoms with Crippen molar-refractivity contribution < 1.29 is 4.79 Å². The van der Waals surface area contributed by atoms with Gasteiger partial charge in [-0.25, -0.2) is 9.97 Å². The second kappa shape index (κ2) is 7.84. The van der Waals surface area contributed by atoms with Crippen LogP contribution in [0.5, 0.6) is 0 Å². The molecule has 0 bridgehead atoms. The molecule has 4 aromatic rings. The summed E-state index contributed by atoms with van der Waals surface area (Å²) in [5, 5.41) is 10.6. The van der Waals surface area contributed by atoms with Crippen LogP contribution in [-0.2, 0) is 5.41 Å². The van der Waals surface area contributed by atoms with Gasteiger partial charge in [-0.15, -0.1) is 11.3 Å². The number of thiazole rings is 1. The maximum atomic E-state index is 12.9. The number of carbonyl (C=O) groups excluding carboxylic acids is 1. The quantitative estimate of drug-likeness (QED) is 0.492. The minimum atomic E-state index is -0.200. The van der Waals surface area contributed by atoms with Crippen LogP contribution in [0.15, 0.2) is 60.1 Å². The molecule has 1 aromatic carbocycles. The van der Waals surface area contributed by atoms with Crippen LogP contribution < -0.4 is 5.32 Å². The first kappa shape index (κ1) is 20.0. The first-order chi connectivity index (χ1) is 14.3. The van der Waals surface area contributed by atoms with Crippen molar-refractivity contribution in [2.24, 2.45) is 0 Å². The van der Waals surface area contributed by atoms with Gasteiger partial charge in [0.15, 0.2) is 5.82 Å². The highest BCUT2D eigenvalue weighted by atomic mass is 32.1. The number of hydrogen-bond acceptors (Lipinski definition) is 5. The van der Waals surface area contributed by atoms with Crippen molar-refractivity contribution in [1.82, 2.24) is 19.7 Å². The van der Waals surface area contributed by atoms with E-state index in [2.05, 4.69) is 41.2 Å². The summed E-state index contributed by atoms with van der Waals surface area (Å²) in [5.41, 5.74) is 3.27. The minimum Gasteiger partial charge on any atom is -0.306 e. The molecule has 152 valence electrons. The molecule has 3 heterocycles. The SMILES string of the molecule is Cc1csc(-c2ccc(C(=O)Nc3cc(C(C)(C)C)nn3-c3ccccn3)cc2)n1. The van der Waals surface area contributed by atoms with Gasteiger partial charge in [-0.2, -0.15) is 9.78 Å². The molecule has 4 rings (SSSR count). The number of aryl methyl sites for hydroxylation is 1. The molecule has 30 heavy (non-hydrogen) atoms. The topological polar surface area (TPSA) is 72.7 Å².